The summed E-state index contributed by atoms with van der Waals surface area (Å²) >= 11 is 0. The number of halogens is 2. The van der Waals surface area contributed by atoms with Crippen molar-refractivity contribution in [3.8, 4) is 0 Å². The van der Waals surface area contributed by atoms with Gasteiger partial charge in [0.1, 0.15) is 5.82 Å². The molecule has 24 heavy (non-hydrogen) atoms. The van der Waals surface area contributed by atoms with E-state index in [-0.39, 0.29) is 28.1 Å². The van der Waals surface area contributed by atoms with Crippen LogP contribution in [0, 0.1) is 5.82 Å². The maximum absolute atomic E-state index is 14.7. The first-order chi connectivity index (χ1) is 11.0. The number of nitrogens with one attached hydrogen (secondary N) is 1. The van der Waals surface area contributed by atoms with Gasteiger partial charge in [-0.2, -0.15) is 0 Å². The van der Waals surface area contributed by atoms with E-state index in [0.29, 0.717) is 12.1 Å². The fourth-order valence-electron chi connectivity index (χ4n) is 3.34. The minimum atomic E-state index is -3.68. The molecular weight excluding hydrogens is 349 g/mol. The Morgan fingerprint density at radius 1 is 1.17 bits per heavy atom. The summed E-state index contributed by atoms with van der Waals surface area (Å²) in [4.78, 5) is 0.243. The molecule has 130 valence electrons. The number of aryl methyl sites for hydroxylation is 1. The zero-order chi connectivity index (χ0) is 16.4. The highest BCUT2D eigenvalue weighted by Crippen LogP contribution is 2.35. The van der Waals surface area contributed by atoms with Gasteiger partial charge in [0, 0.05) is 6.54 Å². The summed E-state index contributed by atoms with van der Waals surface area (Å²) in [6.07, 6.45) is 2.60. The maximum Gasteiger partial charge on any atom is 0.206 e. The zero-order valence-electron chi connectivity index (χ0n) is 13.5. The SMILES string of the molecule is CNC[C@@H]1CCCc2cc(S(=O)(=O)c3ccccc3)cc(F)c21.Cl. The first kappa shape index (κ1) is 18.9. The average molecular weight is 370 g/mol. The zero-order valence-corrected chi connectivity index (χ0v) is 15.1. The van der Waals surface area contributed by atoms with E-state index in [2.05, 4.69) is 5.32 Å². The normalized spacial score (nSPS) is 17.0. The quantitative estimate of drug-likeness (QED) is 0.893. The molecule has 0 amide bonds. The molecule has 1 N–H and O–H groups in total. The molecule has 2 aromatic rings. The fourth-order valence-corrected chi connectivity index (χ4v) is 4.68. The first-order valence-electron chi connectivity index (χ1n) is 7.81. The Bertz CT molecular complexity index is 809. The number of sulfone groups is 1. The second-order valence-electron chi connectivity index (χ2n) is 5.94. The molecular formula is C18H21ClFNO2S. The lowest BCUT2D eigenvalue weighted by Crippen LogP contribution is -2.23. The molecule has 3 rings (SSSR count). The summed E-state index contributed by atoms with van der Waals surface area (Å²) in [5, 5.41) is 3.09. The number of rotatable bonds is 4. The molecule has 0 spiro atoms. The highest BCUT2D eigenvalue weighted by molar-refractivity contribution is 7.91. The molecule has 3 nitrogen and oxygen atoms in total. The van der Waals surface area contributed by atoms with E-state index in [4.69, 9.17) is 0 Å². The molecule has 0 fully saturated rings. The fraction of sp³-hybridized carbons (Fsp3) is 0.333. The third kappa shape index (κ3) is 3.48. The van der Waals surface area contributed by atoms with Gasteiger partial charge in [0.05, 0.1) is 9.79 Å². The van der Waals surface area contributed by atoms with Crippen molar-refractivity contribution in [2.24, 2.45) is 0 Å². The number of likely N-dealkylation sites (N-methyl/N-ethyl adjacent to an activating group) is 1. The van der Waals surface area contributed by atoms with Gasteiger partial charge in [-0.05, 0) is 67.6 Å². The van der Waals surface area contributed by atoms with Crippen molar-refractivity contribution in [1.29, 1.82) is 0 Å². The standard InChI is InChI=1S/C18H20FNO2S.ClH/c1-20-12-14-7-5-6-13-10-16(11-17(19)18(13)14)23(21,22)15-8-3-2-4-9-15;/h2-4,8-11,14,20H,5-7,12H2,1H3;1H/t14-;/m0./s1. The van der Waals surface area contributed by atoms with E-state index in [1.54, 1.807) is 24.3 Å². The molecule has 1 atom stereocenters. The van der Waals surface area contributed by atoms with Gasteiger partial charge in [0.25, 0.3) is 0 Å². The van der Waals surface area contributed by atoms with Gasteiger partial charge in [-0.3, -0.25) is 0 Å². The van der Waals surface area contributed by atoms with Crippen molar-refractivity contribution in [3.05, 3.63) is 59.4 Å². The number of hydrogen-bond acceptors (Lipinski definition) is 3. The number of benzene rings is 2. The average Bonchev–Trinajstić information content (AvgIpc) is 2.56. The van der Waals surface area contributed by atoms with Crippen LogP contribution in [0.5, 0.6) is 0 Å². The van der Waals surface area contributed by atoms with Crippen LogP contribution in [0.3, 0.4) is 0 Å². The smallest absolute Gasteiger partial charge is 0.206 e. The molecule has 1 aliphatic rings. The van der Waals surface area contributed by atoms with Gasteiger partial charge < -0.3 is 5.32 Å². The van der Waals surface area contributed by atoms with Crippen LogP contribution in [0.1, 0.15) is 29.9 Å². The Balaban J connectivity index is 0.00000208. The van der Waals surface area contributed by atoms with Crippen LogP contribution in [0.2, 0.25) is 0 Å². The molecule has 1 aliphatic carbocycles. The van der Waals surface area contributed by atoms with E-state index in [0.717, 1.165) is 24.8 Å². The van der Waals surface area contributed by atoms with E-state index < -0.39 is 15.7 Å². The summed E-state index contributed by atoms with van der Waals surface area (Å²) in [5.74, 6) is -0.297. The molecule has 2 aromatic carbocycles. The van der Waals surface area contributed by atoms with Crippen LogP contribution in [-0.4, -0.2) is 22.0 Å². The van der Waals surface area contributed by atoms with Crippen LogP contribution in [0.4, 0.5) is 4.39 Å². The molecule has 0 radical (unpaired) electrons. The van der Waals surface area contributed by atoms with E-state index >= 15 is 0 Å². The Kier molecular flexibility index (Phi) is 6.01. The highest BCUT2D eigenvalue weighted by Gasteiger charge is 2.27. The Morgan fingerprint density at radius 2 is 1.88 bits per heavy atom. The predicted octanol–water partition coefficient (Wildman–Crippen LogP) is 3.72. The Morgan fingerprint density at radius 3 is 2.54 bits per heavy atom. The number of fused-ring (bicyclic) bond motifs is 1. The highest BCUT2D eigenvalue weighted by atomic mass is 35.5. The Hall–Kier alpha value is -1.43. The summed E-state index contributed by atoms with van der Waals surface area (Å²) in [5.41, 5.74) is 1.50. The van der Waals surface area contributed by atoms with Crippen molar-refractivity contribution in [1.82, 2.24) is 5.32 Å². The van der Waals surface area contributed by atoms with Gasteiger partial charge in [-0.1, -0.05) is 18.2 Å². The second kappa shape index (κ2) is 7.64. The predicted molar refractivity (Wildman–Crippen MR) is 95.1 cm³/mol. The van der Waals surface area contributed by atoms with E-state index in [1.807, 2.05) is 7.05 Å². The van der Waals surface area contributed by atoms with Gasteiger partial charge in [-0.25, -0.2) is 12.8 Å². The molecule has 0 aromatic heterocycles. The van der Waals surface area contributed by atoms with Crippen LogP contribution >= 0.6 is 12.4 Å². The minimum absolute atomic E-state index is 0. The summed E-state index contributed by atoms with van der Waals surface area (Å²) in [7, 11) is -1.83. The van der Waals surface area contributed by atoms with Crippen molar-refractivity contribution in [2.75, 3.05) is 13.6 Å². The summed E-state index contributed by atoms with van der Waals surface area (Å²) in [6.45, 7) is 0.703. The van der Waals surface area contributed by atoms with Crippen molar-refractivity contribution in [2.45, 2.75) is 35.0 Å². The van der Waals surface area contributed by atoms with Gasteiger partial charge >= 0.3 is 0 Å². The summed E-state index contributed by atoms with van der Waals surface area (Å²) in [6, 6.07) is 11.0. The Labute approximate surface area is 148 Å². The van der Waals surface area contributed by atoms with Crippen LogP contribution in [0.15, 0.2) is 52.3 Å². The monoisotopic (exact) mass is 369 g/mol. The molecule has 0 heterocycles. The largest absolute Gasteiger partial charge is 0.319 e. The molecule has 6 heteroatoms. The van der Waals surface area contributed by atoms with E-state index in [1.165, 1.54) is 18.2 Å². The molecule has 0 aliphatic heterocycles. The van der Waals surface area contributed by atoms with Crippen LogP contribution < -0.4 is 5.32 Å². The molecule has 0 saturated heterocycles. The first-order valence-corrected chi connectivity index (χ1v) is 9.29. The van der Waals surface area contributed by atoms with Gasteiger partial charge in [-0.15, -0.1) is 12.4 Å². The minimum Gasteiger partial charge on any atom is -0.319 e. The second-order valence-corrected chi connectivity index (χ2v) is 7.89. The molecule has 0 bridgehead atoms. The maximum atomic E-state index is 14.7. The summed E-state index contributed by atoms with van der Waals surface area (Å²) < 4.78 is 40.1. The lowest BCUT2D eigenvalue weighted by molar-refractivity contribution is 0.489. The molecule has 0 saturated carbocycles. The van der Waals surface area contributed by atoms with Crippen LogP contribution in [-0.2, 0) is 16.3 Å². The molecule has 0 unspecified atom stereocenters. The van der Waals surface area contributed by atoms with Gasteiger partial charge in [0.2, 0.25) is 9.84 Å². The van der Waals surface area contributed by atoms with Crippen molar-refractivity contribution in [3.63, 3.8) is 0 Å². The van der Waals surface area contributed by atoms with Crippen molar-refractivity contribution < 1.29 is 12.8 Å². The van der Waals surface area contributed by atoms with Crippen molar-refractivity contribution >= 4 is 22.2 Å². The van der Waals surface area contributed by atoms with Crippen LogP contribution in [0.25, 0.3) is 0 Å². The third-order valence-corrected chi connectivity index (χ3v) is 6.16. The number of hydrogen-bond donors (Lipinski definition) is 1. The topological polar surface area (TPSA) is 46.2 Å². The third-order valence-electron chi connectivity index (χ3n) is 4.41. The lowest BCUT2D eigenvalue weighted by atomic mass is 9.82. The van der Waals surface area contributed by atoms with E-state index in [9.17, 15) is 12.8 Å². The van der Waals surface area contributed by atoms with Gasteiger partial charge in [0.15, 0.2) is 0 Å². The lowest BCUT2D eigenvalue weighted by Gasteiger charge is -2.26.